The van der Waals surface area contributed by atoms with E-state index in [1.54, 1.807) is 0 Å². The molecule has 0 aliphatic carbocycles. The maximum Gasteiger partial charge on any atom is 0.0869 e. The maximum absolute atomic E-state index is 10.2. The molecule has 1 saturated heterocycles. The summed E-state index contributed by atoms with van der Waals surface area (Å²) in [6.45, 7) is 10.8. The van der Waals surface area contributed by atoms with Crippen LogP contribution in [0.2, 0.25) is 0 Å². The molecule has 0 aromatic carbocycles. The molecule has 1 fully saturated rings. The van der Waals surface area contributed by atoms with Crippen molar-refractivity contribution in [1.82, 2.24) is 10.2 Å². The Bertz CT molecular complexity index is 177. The molecule has 1 heterocycles. The van der Waals surface area contributed by atoms with Gasteiger partial charge in [-0.25, -0.2) is 0 Å². The number of hydrogen-bond donors (Lipinski definition) is 2. The average molecular weight is 216 g/mol. The molecule has 0 aromatic heterocycles. The summed E-state index contributed by atoms with van der Waals surface area (Å²) in [6, 6.07) is 0.418. The minimum atomic E-state index is -0.651. The summed E-state index contributed by atoms with van der Waals surface area (Å²) in [5.74, 6) is 0. The fourth-order valence-corrected chi connectivity index (χ4v) is 1.72. The smallest absolute Gasteiger partial charge is 0.0869 e. The lowest BCUT2D eigenvalue weighted by Gasteiger charge is -2.34. The fourth-order valence-electron chi connectivity index (χ4n) is 1.72. The molecule has 1 aliphatic heterocycles. The van der Waals surface area contributed by atoms with Crippen LogP contribution in [0.15, 0.2) is 0 Å². The van der Waals surface area contributed by atoms with Crippen LogP contribution in [0.5, 0.6) is 0 Å². The third kappa shape index (κ3) is 5.47. The third-order valence-corrected chi connectivity index (χ3v) is 2.56. The van der Waals surface area contributed by atoms with Crippen LogP contribution >= 0.6 is 0 Å². The lowest BCUT2D eigenvalue weighted by atomic mass is 10.1. The van der Waals surface area contributed by atoms with Gasteiger partial charge in [-0.05, 0) is 6.92 Å². The zero-order chi connectivity index (χ0) is 11.3. The lowest BCUT2D eigenvalue weighted by molar-refractivity contribution is -0.0225. The zero-order valence-corrected chi connectivity index (χ0v) is 10.1. The molecule has 2 N–H and O–H groups in total. The molecule has 0 radical (unpaired) electrons. The highest BCUT2D eigenvalue weighted by Gasteiger charge is 2.24. The normalized spacial score (nSPS) is 23.0. The van der Waals surface area contributed by atoms with E-state index in [0.717, 1.165) is 32.8 Å². The number of nitrogens with one attached hydrogen (secondary N) is 1. The van der Waals surface area contributed by atoms with Crippen LogP contribution in [0.1, 0.15) is 20.8 Å². The van der Waals surface area contributed by atoms with E-state index in [1.165, 1.54) is 0 Å². The van der Waals surface area contributed by atoms with E-state index < -0.39 is 5.60 Å². The molecular formula is C11H24N2O2. The minimum Gasteiger partial charge on any atom is -0.388 e. The molecule has 0 saturated carbocycles. The van der Waals surface area contributed by atoms with Crippen molar-refractivity contribution in [1.29, 1.82) is 0 Å². The summed E-state index contributed by atoms with van der Waals surface area (Å²) in [5, 5.41) is 13.4. The number of rotatable bonds is 5. The second-order valence-corrected chi connectivity index (χ2v) is 4.92. The molecule has 1 atom stereocenters. The number of β-amino-alcohol motifs (C(OH)–C–C–N with tert-alkyl or cyclic N) is 1. The Hall–Kier alpha value is -0.160. The Morgan fingerprint density at radius 2 is 2.00 bits per heavy atom. The predicted octanol–water partition coefficient (Wildman–Crippen LogP) is 0.0676. The van der Waals surface area contributed by atoms with Gasteiger partial charge in [0.15, 0.2) is 0 Å². The van der Waals surface area contributed by atoms with Crippen molar-refractivity contribution >= 4 is 0 Å². The van der Waals surface area contributed by atoms with Gasteiger partial charge in [-0.3, -0.25) is 4.90 Å². The topological polar surface area (TPSA) is 44.7 Å². The second kappa shape index (κ2) is 5.80. The Morgan fingerprint density at radius 3 is 2.53 bits per heavy atom. The van der Waals surface area contributed by atoms with E-state index in [4.69, 9.17) is 4.74 Å². The van der Waals surface area contributed by atoms with E-state index in [2.05, 4.69) is 24.1 Å². The average Bonchev–Trinajstić information content (AvgIpc) is 2.16. The van der Waals surface area contributed by atoms with Crippen LogP contribution < -0.4 is 5.32 Å². The quantitative estimate of drug-likeness (QED) is 0.682. The monoisotopic (exact) mass is 216 g/mol. The molecular weight excluding hydrogens is 192 g/mol. The number of morpholine rings is 1. The molecule has 0 amide bonds. The van der Waals surface area contributed by atoms with E-state index in [0.29, 0.717) is 12.6 Å². The Morgan fingerprint density at radius 1 is 1.40 bits per heavy atom. The molecule has 4 heteroatoms. The molecule has 0 spiro atoms. The highest BCUT2D eigenvalue weighted by Crippen LogP contribution is 2.07. The van der Waals surface area contributed by atoms with E-state index in [1.807, 2.05) is 6.92 Å². The summed E-state index contributed by atoms with van der Waals surface area (Å²) in [6.07, 6.45) is 0. The van der Waals surface area contributed by atoms with Gasteiger partial charge in [0.2, 0.25) is 0 Å². The van der Waals surface area contributed by atoms with Crippen LogP contribution in [-0.4, -0.2) is 61.0 Å². The van der Waals surface area contributed by atoms with Crippen molar-refractivity contribution in [2.24, 2.45) is 0 Å². The molecule has 1 rings (SSSR count). The largest absolute Gasteiger partial charge is 0.388 e. The highest BCUT2D eigenvalue weighted by molar-refractivity contribution is 4.81. The Kier molecular flexibility index (Phi) is 4.99. The van der Waals surface area contributed by atoms with Gasteiger partial charge in [0.1, 0.15) is 0 Å². The van der Waals surface area contributed by atoms with Crippen LogP contribution in [0.4, 0.5) is 0 Å². The lowest BCUT2D eigenvalue weighted by Crippen LogP contribution is -2.51. The van der Waals surface area contributed by atoms with Gasteiger partial charge in [-0.1, -0.05) is 13.8 Å². The van der Waals surface area contributed by atoms with Crippen molar-refractivity contribution in [2.45, 2.75) is 32.4 Å². The Balaban J connectivity index is 2.26. The van der Waals surface area contributed by atoms with Gasteiger partial charge in [-0.15, -0.1) is 0 Å². The maximum atomic E-state index is 10.2. The first-order chi connectivity index (χ1) is 6.99. The standard InChI is InChI=1S/C11H24N2O2/c1-10(2)12-8-11(3,14)9-13-4-6-15-7-5-13/h10,12,14H,4-9H2,1-3H3. The van der Waals surface area contributed by atoms with Crippen molar-refractivity contribution < 1.29 is 9.84 Å². The van der Waals surface area contributed by atoms with E-state index in [-0.39, 0.29) is 0 Å². The number of aliphatic hydroxyl groups is 1. The van der Waals surface area contributed by atoms with Gasteiger partial charge in [0.05, 0.1) is 18.8 Å². The summed E-state index contributed by atoms with van der Waals surface area (Å²) in [5.41, 5.74) is -0.651. The number of nitrogens with zero attached hydrogens (tertiary/aromatic N) is 1. The first-order valence-corrected chi connectivity index (χ1v) is 5.75. The van der Waals surface area contributed by atoms with Gasteiger partial charge < -0.3 is 15.2 Å². The Labute approximate surface area is 92.6 Å². The number of ether oxygens (including phenoxy) is 1. The molecule has 15 heavy (non-hydrogen) atoms. The molecule has 0 aromatic rings. The van der Waals surface area contributed by atoms with E-state index >= 15 is 0 Å². The van der Waals surface area contributed by atoms with Gasteiger partial charge in [0.25, 0.3) is 0 Å². The van der Waals surface area contributed by atoms with Gasteiger partial charge in [-0.2, -0.15) is 0 Å². The second-order valence-electron chi connectivity index (χ2n) is 4.92. The zero-order valence-electron chi connectivity index (χ0n) is 10.1. The third-order valence-electron chi connectivity index (χ3n) is 2.56. The molecule has 1 aliphatic rings. The molecule has 90 valence electrons. The SMILES string of the molecule is CC(C)NCC(C)(O)CN1CCOCC1. The van der Waals surface area contributed by atoms with Crippen LogP contribution in [-0.2, 0) is 4.74 Å². The van der Waals surface area contributed by atoms with Crippen LogP contribution in [0.3, 0.4) is 0 Å². The van der Waals surface area contributed by atoms with Crippen LogP contribution in [0, 0.1) is 0 Å². The highest BCUT2D eigenvalue weighted by atomic mass is 16.5. The summed E-state index contributed by atoms with van der Waals surface area (Å²) in [4.78, 5) is 2.26. The predicted molar refractivity (Wildman–Crippen MR) is 61.0 cm³/mol. The number of hydrogen-bond acceptors (Lipinski definition) is 4. The van der Waals surface area contributed by atoms with Crippen LogP contribution in [0.25, 0.3) is 0 Å². The van der Waals surface area contributed by atoms with E-state index in [9.17, 15) is 5.11 Å². The summed E-state index contributed by atoms with van der Waals surface area (Å²) >= 11 is 0. The van der Waals surface area contributed by atoms with Crippen molar-refractivity contribution in [3.8, 4) is 0 Å². The summed E-state index contributed by atoms with van der Waals surface area (Å²) in [7, 11) is 0. The first kappa shape index (κ1) is 12.9. The van der Waals surface area contributed by atoms with Crippen molar-refractivity contribution in [3.63, 3.8) is 0 Å². The molecule has 0 bridgehead atoms. The van der Waals surface area contributed by atoms with Gasteiger partial charge in [0, 0.05) is 32.2 Å². The molecule has 4 nitrogen and oxygen atoms in total. The fraction of sp³-hybridized carbons (Fsp3) is 1.00. The van der Waals surface area contributed by atoms with Crippen molar-refractivity contribution in [3.05, 3.63) is 0 Å². The first-order valence-electron chi connectivity index (χ1n) is 5.75. The molecule has 1 unspecified atom stereocenters. The minimum absolute atomic E-state index is 0.418. The van der Waals surface area contributed by atoms with Gasteiger partial charge >= 0.3 is 0 Å². The summed E-state index contributed by atoms with van der Waals surface area (Å²) < 4.78 is 5.27. The van der Waals surface area contributed by atoms with Crippen molar-refractivity contribution in [2.75, 3.05) is 39.4 Å².